The van der Waals surface area contributed by atoms with E-state index in [9.17, 15) is 19.5 Å². The van der Waals surface area contributed by atoms with Crippen LogP contribution in [0.25, 0.3) is 0 Å². The summed E-state index contributed by atoms with van der Waals surface area (Å²) in [6.45, 7) is 4.67. The van der Waals surface area contributed by atoms with E-state index < -0.39 is 24.3 Å². The number of likely N-dealkylation sites (N-methyl/N-ethyl adjacent to an activating group) is 1. The number of allylic oxidation sites excluding steroid dienone is 20. The monoisotopic (exact) mass is 1280 g/mol. The van der Waals surface area contributed by atoms with Crippen molar-refractivity contribution in [2.75, 3.05) is 47.5 Å². The van der Waals surface area contributed by atoms with E-state index in [-0.39, 0.29) is 32.2 Å². The van der Waals surface area contributed by atoms with Gasteiger partial charge < -0.3 is 33.3 Å². The van der Waals surface area contributed by atoms with Crippen LogP contribution in [0.15, 0.2) is 122 Å². The molecule has 0 aliphatic heterocycles. The van der Waals surface area contributed by atoms with Gasteiger partial charge in [0.15, 0.2) is 12.4 Å². The summed E-state index contributed by atoms with van der Waals surface area (Å²) in [4.78, 5) is 37.6. The fourth-order valence-corrected chi connectivity index (χ4v) is 10.7. The summed E-state index contributed by atoms with van der Waals surface area (Å²) in [5, 5.41) is 11.8. The number of rotatable bonds is 70. The lowest BCUT2D eigenvalue weighted by Crippen LogP contribution is -2.44. The number of hydrogen-bond donors (Lipinski definition) is 0. The maximum atomic E-state index is 13.0. The van der Waals surface area contributed by atoms with Gasteiger partial charge in [-0.2, -0.15) is 0 Å². The number of hydrogen-bond acceptors (Lipinski definition) is 8. The Labute approximate surface area is 567 Å². The molecule has 528 valence electrons. The number of carbonyl (C=O) groups is 3. The van der Waals surface area contributed by atoms with Crippen molar-refractivity contribution in [1.82, 2.24) is 0 Å². The minimum atomic E-state index is -1.63. The van der Waals surface area contributed by atoms with Gasteiger partial charge in [-0.25, -0.2) is 0 Å². The molecule has 9 heteroatoms. The normalized spacial score (nSPS) is 13.4. The van der Waals surface area contributed by atoms with Crippen molar-refractivity contribution in [3.8, 4) is 0 Å². The third-order valence-electron chi connectivity index (χ3n) is 16.5. The summed E-state index contributed by atoms with van der Waals surface area (Å²) in [7, 11) is 5.93. The standard InChI is InChI=1S/C83H143NO8/c1-6-8-10-12-14-16-18-20-22-24-26-28-30-32-34-35-36-37-38-39-40-41-42-43-44-45-46-47-48-50-52-54-56-58-60-62-64-66-68-70-72-74-81(86)92-79(78-91-83(82(87)88)89-76-75-84(3,4)5)77-90-80(85)73-71-69-67-65-63-61-59-57-55-53-51-49-33-31-29-27-25-23-21-19-17-15-13-11-9-7-2/h8,10,14,16,20,22,26,28,32,34,36-37,39-40,42-43,45-46,48,50,79,83H,6-7,9,11-13,15,17-19,21,23-25,27,29-31,33,35,38,41,44,47,49,51-78H2,1-5H3/b10-8-,16-14-,22-20-,28-26-,34-32-,37-36-,40-39-,43-42-,46-45-,50-48-. The highest BCUT2D eigenvalue weighted by molar-refractivity contribution is 5.70. The molecule has 0 aromatic heterocycles. The van der Waals surface area contributed by atoms with Gasteiger partial charge in [0.1, 0.15) is 13.2 Å². The zero-order chi connectivity index (χ0) is 66.8. The van der Waals surface area contributed by atoms with E-state index in [1.54, 1.807) is 0 Å². The number of nitrogens with zero attached hydrogens (tertiary/aromatic N) is 1. The number of ether oxygens (including phenoxy) is 4. The Morgan fingerprint density at radius 1 is 0.337 bits per heavy atom. The van der Waals surface area contributed by atoms with Gasteiger partial charge in [0, 0.05) is 12.8 Å². The largest absolute Gasteiger partial charge is 0.545 e. The third-order valence-corrected chi connectivity index (χ3v) is 16.5. The summed E-state index contributed by atoms with van der Waals surface area (Å²) >= 11 is 0. The first-order chi connectivity index (χ1) is 45.1. The smallest absolute Gasteiger partial charge is 0.306 e. The van der Waals surface area contributed by atoms with Gasteiger partial charge in [-0.1, -0.05) is 347 Å². The minimum Gasteiger partial charge on any atom is -0.545 e. The van der Waals surface area contributed by atoms with Crippen LogP contribution in [-0.4, -0.2) is 82.3 Å². The average molecular weight is 1280 g/mol. The number of carbonyl (C=O) groups excluding carboxylic acids is 3. The van der Waals surface area contributed by atoms with Crippen molar-refractivity contribution in [3.63, 3.8) is 0 Å². The predicted octanol–water partition coefficient (Wildman–Crippen LogP) is 23.0. The third kappa shape index (κ3) is 73.1. The average Bonchev–Trinajstić information content (AvgIpc) is 3.70. The first kappa shape index (κ1) is 87.7. The van der Waals surface area contributed by atoms with E-state index >= 15 is 0 Å². The lowest BCUT2D eigenvalue weighted by atomic mass is 10.0. The molecule has 0 saturated carbocycles. The zero-order valence-electron chi connectivity index (χ0n) is 60.4. The first-order valence-corrected chi connectivity index (χ1v) is 38.2. The van der Waals surface area contributed by atoms with Gasteiger partial charge >= 0.3 is 11.9 Å². The van der Waals surface area contributed by atoms with E-state index in [0.29, 0.717) is 23.9 Å². The van der Waals surface area contributed by atoms with Crippen molar-refractivity contribution in [3.05, 3.63) is 122 Å². The van der Waals surface area contributed by atoms with Crippen LogP contribution in [0.2, 0.25) is 0 Å². The second-order valence-corrected chi connectivity index (χ2v) is 26.6. The fraction of sp³-hybridized carbons (Fsp3) is 0.723. The zero-order valence-corrected chi connectivity index (χ0v) is 60.4. The van der Waals surface area contributed by atoms with Crippen LogP contribution in [0, 0.1) is 0 Å². The molecule has 2 atom stereocenters. The second kappa shape index (κ2) is 72.5. The van der Waals surface area contributed by atoms with Gasteiger partial charge in [-0.05, 0) is 89.9 Å². The summed E-state index contributed by atoms with van der Waals surface area (Å²) in [5.74, 6) is -2.28. The molecular weight excluding hydrogens is 1140 g/mol. The van der Waals surface area contributed by atoms with Crippen LogP contribution >= 0.6 is 0 Å². The molecule has 0 saturated heterocycles. The summed E-state index contributed by atoms with van der Waals surface area (Å²) in [6.07, 6.45) is 100. The molecule has 2 unspecified atom stereocenters. The molecule has 0 N–H and O–H groups in total. The lowest BCUT2D eigenvalue weighted by molar-refractivity contribution is -0.870. The Morgan fingerprint density at radius 3 is 0.924 bits per heavy atom. The Kier molecular flexibility index (Phi) is 69.1. The van der Waals surface area contributed by atoms with Crippen molar-refractivity contribution in [1.29, 1.82) is 0 Å². The molecule has 0 aromatic rings. The summed E-state index contributed by atoms with van der Waals surface area (Å²) in [5.41, 5.74) is 0. The molecule has 0 spiro atoms. The van der Waals surface area contributed by atoms with Crippen molar-refractivity contribution >= 4 is 17.9 Å². The fourth-order valence-electron chi connectivity index (χ4n) is 10.7. The van der Waals surface area contributed by atoms with Gasteiger partial charge in [0.2, 0.25) is 0 Å². The molecule has 92 heavy (non-hydrogen) atoms. The van der Waals surface area contributed by atoms with E-state index in [4.69, 9.17) is 18.9 Å². The van der Waals surface area contributed by atoms with E-state index in [1.165, 1.54) is 186 Å². The number of quaternary nitrogens is 1. The number of unbranched alkanes of at least 4 members (excludes halogenated alkanes) is 35. The van der Waals surface area contributed by atoms with Crippen LogP contribution in [-0.2, 0) is 33.3 Å². The second-order valence-electron chi connectivity index (χ2n) is 26.6. The van der Waals surface area contributed by atoms with Gasteiger partial charge in [-0.3, -0.25) is 9.59 Å². The topological polar surface area (TPSA) is 111 Å². The lowest BCUT2D eigenvalue weighted by Gasteiger charge is -2.26. The van der Waals surface area contributed by atoms with E-state index in [2.05, 4.69) is 135 Å². The quantitative estimate of drug-likeness (QED) is 0.0195. The van der Waals surface area contributed by atoms with E-state index in [0.717, 1.165) is 109 Å². The molecule has 0 heterocycles. The first-order valence-electron chi connectivity index (χ1n) is 38.2. The van der Waals surface area contributed by atoms with E-state index in [1.807, 2.05) is 21.1 Å². The highest BCUT2D eigenvalue weighted by Gasteiger charge is 2.22. The van der Waals surface area contributed by atoms with Crippen molar-refractivity contribution in [2.45, 2.75) is 341 Å². The number of esters is 2. The van der Waals surface area contributed by atoms with Crippen LogP contribution in [0.3, 0.4) is 0 Å². The number of carboxylic acids is 1. The molecule has 0 amide bonds. The molecule has 0 bridgehead atoms. The molecule has 0 fully saturated rings. The van der Waals surface area contributed by atoms with Crippen LogP contribution in [0.1, 0.15) is 328 Å². The summed E-state index contributed by atoms with van der Waals surface area (Å²) in [6, 6.07) is 0. The molecule has 9 nitrogen and oxygen atoms in total. The maximum Gasteiger partial charge on any atom is 0.306 e. The molecule has 0 aliphatic carbocycles. The molecule has 0 aliphatic rings. The number of aliphatic carboxylic acids is 1. The highest BCUT2D eigenvalue weighted by Crippen LogP contribution is 2.18. The van der Waals surface area contributed by atoms with Crippen LogP contribution in [0.4, 0.5) is 0 Å². The predicted molar refractivity (Wildman–Crippen MR) is 393 cm³/mol. The number of carboxylic acid groups (broad SMARTS) is 1. The Balaban J connectivity index is 4.10. The van der Waals surface area contributed by atoms with Gasteiger partial charge in [0.05, 0.1) is 40.3 Å². The Hall–Kier alpha value is -4.31. The maximum absolute atomic E-state index is 13.0. The van der Waals surface area contributed by atoms with Gasteiger partial charge in [-0.15, -0.1) is 0 Å². The Bertz CT molecular complexity index is 1930. The highest BCUT2D eigenvalue weighted by atomic mass is 16.7. The molecule has 0 aromatic carbocycles. The Morgan fingerprint density at radius 2 is 0.620 bits per heavy atom. The SMILES string of the molecule is CC/C=C\C/C=C\C/C=C\C/C=C\C/C=C\C/C=C\C/C=C\C/C=C\C/C=C\C/C=C\CCCCCCCCCCCCC(=O)OC(COC(=O)CCCCCCCCCCCCCCCCCCCCCCCCCCCC)COC(OCC[N+](C)(C)C)C(=O)[O-]. The van der Waals surface area contributed by atoms with Crippen LogP contribution < -0.4 is 5.11 Å². The molecular formula is C83H143NO8. The van der Waals surface area contributed by atoms with Crippen molar-refractivity contribution < 1.29 is 42.9 Å². The van der Waals surface area contributed by atoms with Crippen molar-refractivity contribution in [2.24, 2.45) is 0 Å². The molecule has 0 radical (unpaired) electrons. The summed E-state index contributed by atoms with van der Waals surface area (Å²) < 4.78 is 22.8. The van der Waals surface area contributed by atoms with Gasteiger partial charge in [0.25, 0.3) is 0 Å². The van der Waals surface area contributed by atoms with Crippen LogP contribution in [0.5, 0.6) is 0 Å². The minimum absolute atomic E-state index is 0.144. The molecule has 0 rings (SSSR count).